The van der Waals surface area contributed by atoms with Gasteiger partial charge in [0.05, 0.1) is 12.7 Å². The summed E-state index contributed by atoms with van der Waals surface area (Å²) in [5.74, 6) is -1.94. The van der Waals surface area contributed by atoms with Crippen LogP contribution in [0.25, 0.3) is 0 Å². The summed E-state index contributed by atoms with van der Waals surface area (Å²) in [5.41, 5.74) is 6.04. The molecule has 8 nitrogen and oxygen atoms in total. The summed E-state index contributed by atoms with van der Waals surface area (Å²) in [4.78, 5) is 28.3. The molecule has 2 aromatic carbocycles. The van der Waals surface area contributed by atoms with Gasteiger partial charge in [0.15, 0.2) is 11.5 Å². The fourth-order valence-corrected chi connectivity index (χ4v) is 2.97. The van der Waals surface area contributed by atoms with E-state index in [2.05, 4.69) is 15.0 Å². The predicted octanol–water partition coefficient (Wildman–Crippen LogP) is 5.09. The lowest BCUT2D eigenvalue weighted by Gasteiger charge is -2.16. The molecule has 178 valence electrons. The highest BCUT2D eigenvalue weighted by molar-refractivity contribution is 6.31. The molecule has 2 amide bonds. The number of amides is 2. The number of alkyl halides is 3. The molecule has 0 unspecified atom stereocenters. The largest absolute Gasteiger partial charge is 0.573 e. The summed E-state index contributed by atoms with van der Waals surface area (Å²) in [7, 11) is 1.23. The number of nitrogens with one attached hydrogen (secondary N) is 1. The van der Waals surface area contributed by atoms with Crippen LogP contribution in [0, 0.1) is 6.92 Å². The fourth-order valence-electron chi connectivity index (χ4n) is 2.80. The van der Waals surface area contributed by atoms with Crippen LogP contribution in [0.3, 0.4) is 0 Å². The van der Waals surface area contributed by atoms with Crippen molar-refractivity contribution in [3.8, 4) is 23.0 Å². The van der Waals surface area contributed by atoms with E-state index >= 15 is 0 Å². The number of methoxy groups -OCH3 is 1. The monoisotopic (exact) mass is 495 g/mol. The molecule has 0 atom stereocenters. The highest BCUT2D eigenvalue weighted by Crippen LogP contribution is 2.38. The number of halogens is 4. The second-order valence-electron chi connectivity index (χ2n) is 6.81. The van der Waals surface area contributed by atoms with Gasteiger partial charge in [-0.15, -0.1) is 13.2 Å². The van der Waals surface area contributed by atoms with Crippen molar-refractivity contribution in [3.05, 3.63) is 70.5 Å². The third kappa shape index (κ3) is 6.07. The summed E-state index contributed by atoms with van der Waals surface area (Å²) < 4.78 is 52.2. The van der Waals surface area contributed by atoms with Crippen LogP contribution >= 0.6 is 11.6 Å². The van der Waals surface area contributed by atoms with E-state index in [4.69, 9.17) is 26.8 Å². The van der Waals surface area contributed by atoms with Gasteiger partial charge < -0.3 is 25.3 Å². The van der Waals surface area contributed by atoms with Crippen LogP contribution in [0.5, 0.6) is 23.0 Å². The maximum Gasteiger partial charge on any atom is 0.573 e. The van der Waals surface area contributed by atoms with Crippen molar-refractivity contribution < 1.29 is 37.0 Å². The van der Waals surface area contributed by atoms with Gasteiger partial charge in [-0.3, -0.25) is 14.6 Å². The molecule has 0 aliphatic rings. The summed E-state index contributed by atoms with van der Waals surface area (Å²) in [6.45, 7) is 1.66. The molecule has 3 aromatic rings. The van der Waals surface area contributed by atoms with Gasteiger partial charge in [-0.25, -0.2) is 0 Å². The molecule has 12 heteroatoms. The Bertz CT molecular complexity index is 1250. The second-order valence-corrected chi connectivity index (χ2v) is 7.24. The van der Waals surface area contributed by atoms with Crippen LogP contribution in [0.15, 0.2) is 48.7 Å². The molecule has 0 bridgehead atoms. The van der Waals surface area contributed by atoms with E-state index in [0.717, 1.165) is 12.1 Å². The van der Waals surface area contributed by atoms with Crippen molar-refractivity contribution in [2.24, 2.45) is 5.73 Å². The van der Waals surface area contributed by atoms with Crippen molar-refractivity contribution in [3.63, 3.8) is 0 Å². The molecule has 3 rings (SSSR count). The van der Waals surface area contributed by atoms with E-state index in [9.17, 15) is 22.8 Å². The second kappa shape index (κ2) is 9.87. The van der Waals surface area contributed by atoms with Gasteiger partial charge in [0.25, 0.3) is 11.8 Å². The number of primary amides is 1. The molecular weight excluding hydrogens is 479 g/mol. The number of rotatable bonds is 7. The van der Waals surface area contributed by atoms with E-state index in [1.165, 1.54) is 43.6 Å². The van der Waals surface area contributed by atoms with Crippen LogP contribution in [0.1, 0.15) is 26.4 Å². The van der Waals surface area contributed by atoms with Crippen molar-refractivity contribution in [1.29, 1.82) is 0 Å². The Morgan fingerprint density at radius 2 is 1.76 bits per heavy atom. The Morgan fingerprint density at radius 3 is 2.41 bits per heavy atom. The Balaban J connectivity index is 1.92. The van der Waals surface area contributed by atoms with Crippen LogP contribution in [-0.2, 0) is 0 Å². The quantitative estimate of drug-likeness (QED) is 0.472. The summed E-state index contributed by atoms with van der Waals surface area (Å²) in [5, 5.41) is 2.86. The van der Waals surface area contributed by atoms with Crippen molar-refractivity contribution in [2.45, 2.75) is 13.3 Å². The lowest BCUT2D eigenvalue weighted by Crippen LogP contribution is -2.17. The first kappa shape index (κ1) is 24.6. The minimum absolute atomic E-state index is 0.00186. The van der Waals surface area contributed by atoms with Crippen LogP contribution in [-0.4, -0.2) is 30.3 Å². The number of hydrogen-bond donors (Lipinski definition) is 2. The molecule has 0 saturated carbocycles. The first-order chi connectivity index (χ1) is 16.0. The maximum atomic E-state index is 13.0. The smallest absolute Gasteiger partial charge is 0.493 e. The van der Waals surface area contributed by atoms with Gasteiger partial charge in [-0.1, -0.05) is 11.6 Å². The number of carbonyl (C=O) groups is 2. The van der Waals surface area contributed by atoms with E-state index in [-0.39, 0.29) is 39.2 Å². The molecule has 0 spiro atoms. The van der Waals surface area contributed by atoms with Gasteiger partial charge in [0.2, 0.25) is 0 Å². The number of aryl methyl sites for hydroxylation is 1. The Hall–Kier alpha value is -3.99. The highest BCUT2D eigenvalue weighted by atomic mass is 35.5. The van der Waals surface area contributed by atoms with Gasteiger partial charge in [-0.05, 0) is 48.9 Å². The minimum Gasteiger partial charge on any atom is -0.493 e. The zero-order valence-electron chi connectivity index (χ0n) is 17.7. The molecule has 1 heterocycles. The minimum atomic E-state index is -4.88. The molecule has 34 heavy (non-hydrogen) atoms. The SMILES string of the molecule is COc1cc(OC(F)(F)F)ccc1Oc1ccc(Cl)cc1C(=O)Nc1cc(C(N)=O)ncc1C. The molecule has 1 aromatic heterocycles. The number of anilines is 1. The number of benzene rings is 2. The van der Waals surface area contributed by atoms with Crippen molar-refractivity contribution >= 4 is 29.1 Å². The summed E-state index contributed by atoms with van der Waals surface area (Å²) in [6, 6.07) is 8.75. The number of carbonyl (C=O) groups excluding carboxylic acids is 2. The van der Waals surface area contributed by atoms with E-state index in [0.29, 0.717) is 5.56 Å². The van der Waals surface area contributed by atoms with Crippen LogP contribution in [0.2, 0.25) is 5.02 Å². The van der Waals surface area contributed by atoms with E-state index in [1.54, 1.807) is 6.92 Å². The van der Waals surface area contributed by atoms with Gasteiger partial charge in [0, 0.05) is 23.0 Å². The average Bonchev–Trinajstić information content (AvgIpc) is 2.76. The molecule has 0 radical (unpaired) electrons. The third-order valence-electron chi connectivity index (χ3n) is 4.38. The number of aromatic nitrogens is 1. The fraction of sp³-hybridized carbons (Fsp3) is 0.136. The first-order valence-electron chi connectivity index (χ1n) is 9.46. The van der Waals surface area contributed by atoms with E-state index in [1.807, 2.05) is 0 Å². The third-order valence-corrected chi connectivity index (χ3v) is 4.61. The Kier molecular flexibility index (Phi) is 7.16. The lowest BCUT2D eigenvalue weighted by atomic mass is 10.1. The zero-order valence-corrected chi connectivity index (χ0v) is 18.5. The molecule has 0 aliphatic carbocycles. The lowest BCUT2D eigenvalue weighted by molar-refractivity contribution is -0.274. The molecule has 3 N–H and O–H groups in total. The number of pyridine rings is 1. The average molecular weight is 496 g/mol. The number of nitrogens with two attached hydrogens (primary N) is 1. The summed E-state index contributed by atoms with van der Waals surface area (Å²) >= 11 is 6.05. The van der Waals surface area contributed by atoms with Gasteiger partial charge in [0.1, 0.15) is 17.2 Å². The van der Waals surface area contributed by atoms with Gasteiger partial charge >= 0.3 is 6.36 Å². The predicted molar refractivity (Wildman–Crippen MR) is 117 cm³/mol. The van der Waals surface area contributed by atoms with Crippen LogP contribution < -0.4 is 25.3 Å². The Labute approximate surface area is 196 Å². The van der Waals surface area contributed by atoms with Crippen molar-refractivity contribution in [1.82, 2.24) is 4.98 Å². The molecule has 0 fully saturated rings. The van der Waals surface area contributed by atoms with Crippen molar-refractivity contribution in [2.75, 3.05) is 12.4 Å². The number of nitrogens with zero attached hydrogens (tertiary/aromatic N) is 1. The van der Waals surface area contributed by atoms with E-state index < -0.39 is 23.9 Å². The molecular formula is C22H17ClF3N3O5. The molecule has 0 saturated heterocycles. The maximum absolute atomic E-state index is 13.0. The number of hydrogen-bond acceptors (Lipinski definition) is 6. The summed E-state index contributed by atoms with van der Waals surface area (Å²) in [6.07, 6.45) is -3.51. The number of ether oxygens (including phenoxy) is 3. The standard InChI is InChI=1S/C22H17ClF3N3O5/c1-11-10-28-16(20(27)30)9-15(11)29-21(31)14-7-12(23)3-5-17(14)33-18-6-4-13(8-19(18)32-2)34-22(24,25)26/h3-10H,1-2H3,(H2,27,30)(H,28,29,31). The zero-order chi connectivity index (χ0) is 25.0. The van der Waals surface area contributed by atoms with Gasteiger partial charge in [-0.2, -0.15) is 0 Å². The molecule has 0 aliphatic heterocycles. The first-order valence-corrected chi connectivity index (χ1v) is 9.83. The van der Waals surface area contributed by atoms with Crippen LogP contribution in [0.4, 0.5) is 18.9 Å². The highest BCUT2D eigenvalue weighted by Gasteiger charge is 2.31. The topological polar surface area (TPSA) is 113 Å². The normalized spacial score (nSPS) is 11.0. The Morgan fingerprint density at radius 1 is 1.06 bits per heavy atom.